The summed E-state index contributed by atoms with van der Waals surface area (Å²) in [5, 5.41) is 10.3. The molecule has 0 aromatic heterocycles. The molecule has 1 aliphatic heterocycles. The Balaban J connectivity index is 1.46. The van der Waals surface area contributed by atoms with Gasteiger partial charge in [0.05, 0.1) is 0 Å². The van der Waals surface area contributed by atoms with Gasteiger partial charge in [-0.1, -0.05) is 75.4 Å². The summed E-state index contributed by atoms with van der Waals surface area (Å²) in [6.07, 6.45) is 2.28. The largest absolute Gasteiger partial charge is 0.453 e. The Hall–Kier alpha value is -0.470. The number of alkyl halides is 5. The number of fused-ring (bicyclic) bond motifs is 1. The van der Waals surface area contributed by atoms with E-state index >= 15 is 0 Å². The molecule has 2 rings (SSSR count). The number of thioether (sulfide) groups is 2. The number of aliphatic hydroxyl groups is 1. The van der Waals surface area contributed by atoms with Gasteiger partial charge in [-0.15, -0.1) is 0 Å². The van der Waals surface area contributed by atoms with Crippen LogP contribution in [0.15, 0.2) is 29.2 Å². The molecule has 0 saturated carbocycles. The molecule has 8 heteroatoms. The molecule has 1 N–H and O–H groups in total. The fraction of sp³-hybridized carbons (Fsp3) is 0.750. The summed E-state index contributed by atoms with van der Waals surface area (Å²) < 4.78 is 61.8. The van der Waals surface area contributed by atoms with E-state index in [4.69, 9.17) is 0 Å². The average molecular weight is 499 g/mol. The van der Waals surface area contributed by atoms with E-state index in [1.807, 2.05) is 6.07 Å². The fourth-order valence-corrected chi connectivity index (χ4v) is 6.26. The van der Waals surface area contributed by atoms with Crippen LogP contribution >= 0.6 is 23.5 Å². The number of hydrogen-bond donors (Lipinski definition) is 1. The molecule has 0 amide bonds. The zero-order chi connectivity index (χ0) is 23.6. The third kappa shape index (κ3) is 8.71. The summed E-state index contributed by atoms with van der Waals surface area (Å²) in [6, 6.07) is 8.39. The maximum atomic E-state index is 12.8. The second kappa shape index (κ2) is 13.4. The van der Waals surface area contributed by atoms with Crippen molar-refractivity contribution in [2.24, 2.45) is 5.92 Å². The molecule has 0 fully saturated rings. The van der Waals surface area contributed by atoms with Crippen molar-refractivity contribution < 1.29 is 27.1 Å². The van der Waals surface area contributed by atoms with Crippen LogP contribution in [0.5, 0.6) is 0 Å². The summed E-state index contributed by atoms with van der Waals surface area (Å²) in [5.74, 6) is -2.73. The zero-order valence-corrected chi connectivity index (χ0v) is 20.3. The van der Waals surface area contributed by atoms with E-state index in [1.54, 1.807) is 11.8 Å². The second-order valence-corrected chi connectivity index (χ2v) is 11.1. The van der Waals surface area contributed by atoms with Gasteiger partial charge in [-0.3, -0.25) is 0 Å². The molecule has 184 valence electrons. The van der Waals surface area contributed by atoms with E-state index in [1.165, 1.54) is 35.1 Å². The minimum atomic E-state index is -5.43. The van der Waals surface area contributed by atoms with Crippen LogP contribution in [0, 0.1) is 5.92 Å². The van der Waals surface area contributed by atoms with Crippen LogP contribution in [-0.4, -0.2) is 34.1 Å². The molecule has 0 spiro atoms. The number of unbranched alkanes of at least 4 members (excludes halogenated alkanes) is 6. The van der Waals surface area contributed by atoms with Gasteiger partial charge in [0.15, 0.2) is 0 Å². The Kier molecular flexibility index (Phi) is 11.7. The van der Waals surface area contributed by atoms with Crippen molar-refractivity contribution in [3.05, 3.63) is 29.8 Å². The molecule has 3 unspecified atom stereocenters. The number of aliphatic hydroxyl groups excluding tert-OH is 1. The van der Waals surface area contributed by atoms with Crippen LogP contribution in [0.3, 0.4) is 0 Å². The van der Waals surface area contributed by atoms with E-state index < -0.39 is 18.5 Å². The topological polar surface area (TPSA) is 20.2 Å². The van der Waals surface area contributed by atoms with Crippen LogP contribution in [-0.2, 0) is 0 Å². The zero-order valence-electron chi connectivity index (χ0n) is 18.7. The van der Waals surface area contributed by atoms with Gasteiger partial charge in [-0.2, -0.15) is 33.7 Å². The minimum Gasteiger partial charge on any atom is -0.382 e. The molecule has 0 bridgehead atoms. The predicted octanol–water partition coefficient (Wildman–Crippen LogP) is 8.66. The highest BCUT2D eigenvalue weighted by Crippen LogP contribution is 2.46. The van der Waals surface area contributed by atoms with E-state index in [-0.39, 0.29) is 17.8 Å². The third-order valence-electron chi connectivity index (χ3n) is 6.15. The summed E-state index contributed by atoms with van der Waals surface area (Å²) in [5.41, 5.74) is 1.03. The van der Waals surface area contributed by atoms with Gasteiger partial charge < -0.3 is 5.11 Å². The Morgan fingerprint density at radius 2 is 1.47 bits per heavy atom. The van der Waals surface area contributed by atoms with Crippen molar-refractivity contribution in [1.82, 2.24) is 0 Å². The molecular formula is C24H35F5OS2. The van der Waals surface area contributed by atoms with Crippen LogP contribution < -0.4 is 0 Å². The molecule has 1 aromatic carbocycles. The molecular weight excluding hydrogens is 463 g/mol. The lowest BCUT2D eigenvalue weighted by molar-refractivity contribution is -0.284. The van der Waals surface area contributed by atoms with Crippen molar-refractivity contribution >= 4 is 23.5 Å². The van der Waals surface area contributed by atoms with Gasteiger partial charge >= 0.3 is 12.1 Å². The number of benzene rings is 1. The fourth-order valence-electron chi connectivity index (χ4n) is 4.12. The standard InChI is InChI=1S/C24H35F5OS2/c1-18-19(20-13-8-9-14-21(20)32-22(18)30)12-7-5-3-2-4-6-10-16-31-17-11-15-23(25,26)24(27,28)29/h8-9,13-14,18-19,22,30H,2-7,10-12,15-17H2,1H3. The monoisotopic (exact) mass is 498 g/mol. The number of hydrogen-bond acceptors (Lipinski definition) is 3. The van der Waals surface area contributed by atoms with Crippen LogP contribution in [0.4, 0.5) is 22.0 Å². The van der Waals surface area contributed by atoms with Gasteiger partial charge in [0.2, 0.25) is 0 Å². The molecule has 0 saturated heterocycles. The predicted molar refractivity (Wildman–Crippen MR) is 125 cm³/mol. The van der Waals surface area contributed by atoms with E-state index in [9.17, 15) is 27.1 Å². The lowest BCUT2D eigenvalue weighted by Crippen LogP contribution is -2.36. The first-order valence-corrected chi connectivity index (χ1v) is 13.6. The maximum absolute atomic E-state index is 12.8. The smallest absolute Gasteiger partial charge is 0.382 e. The Labute approximate surface area is 197 Å². The number of rotatable bonds is 14. The highest BCUT2D eigenvalue weighted by atomic mass is 32.2. The minimum absolute atomic E-state index is 0.114. The molecule has 3 atom stereocenters. The van der Waals surface area contributed by atoms with Gasteiger partial charge in [0, 0.05) is 11.3 Å². The average Bonchev–Trinajstić information content (AvgIpc) is 2.73. The summed E-state index contributed by atoms with van der Waals surface area (Å²) in [7, 11) is 0. The number of halogens is 5. The van der Waals surface area contributed by atoms with Gasteiger partial charge in [0.1, 0.15) is 5.44 Å². The normalized spacial score (nSPS) is 21.5. The van der Waals surface area contributed by atoms with Gasteiger partial charge in [-0.25, -0.2) is 0 Å². The molecule has 0 aliphatic carbocycles. The molecule has 1 aromatic rings. The van der Waals surface area contributed by atoms with Crippen molar-refractivity contribution in [3.63, 3.8) is 0 Å². The molecule has 32 heavy (non-hydrogen) atoms. The maximum Gasteiger partial charge on any atom is 0.453 e. The Morgan fingerprint density at radius 1 is 0.875 bits per heavy atom. The highest BCUT2D eigenvalue weighted by Gasteiger charge is 2.56. The van der Waals surface area contributed by atoms with Crippen LogP contribution in [0.25, 0.3) is 0 Å². The van der Waals surface area contributed by atoms with E-state index in [2.05, 4.69) is 25.1 Å². The quantitative estimate of drug-likeness (QED) is 0.205. The van der Waals surface area contributed by atoms with Gasteiger partial charge in [0.25, 0.3) is 0 Å². The Bertz CT molecular complexity index is 668. The first kappa shape index (κ1) is 27.8. The Morgan fingerprint density at radius 3 is 2.16 bits per heavy atom. The van der Waals surface area contributed by atoms with Gasteiger partial charge in [-0.05, 0) is 54.2 Å². The lowest BCUT2D eigenvalue weighted by atomic mass is 9.83. The van der Waals surface area contributed by atoms with Crippen molar-refractivity contribution in [1.29, 1.82) is 0 Å². The molecule has 1 heterocycles. The highest BCUT2D eigenvalue weighted by molar-refractivity contribution is 8.00. The van der Waals surface area contributed by atoms with E-state index in [0.29, 0.717) is 11.7 Å². The molecule has 1 aliphatic rings. The first-order valence-electron chi connectivity index (χ1n) is 11.6. The second-order valence-electron chi connectivity index (χ2n) is 8.69. The molecule has 1 nitrogen and oxygen atoms in total. The summed E-state index contributed by atoms with van der Waals surface area (Å²) in [4.78, 5) is 1.20. The van der Waals surface area contributed by atoms with Crippen molar-refractivity contribution in [3.8, 4) is 0 Å². The van der Waals surface area contributed by atoms with Crippen LogP contribution in [0.1, 0.15) is 82.6 Å². The van der Waals surface area contributed by atoms with E-state index in [0.717, 1.165) is 44.3 Å². The third-order valence-corrected chi connectivity index (χ3v) is 8.60. The van der Waals surface area contributed by atoms with Crippen LogP contribution in [0.2, 0.25) is 0 Å². The summed E-state index contributed by atoms with van der Waals surface area (Å²) in [6.45, 7) is 2.14. The first-order chi connectivity index (χ1) is 15.1. The SMILES string of the molecule is CC1C(O)Sc2ccccc2C1CCCCCCCCCSCCCC(F)(F)C(F)(F)F. The van der Waals surface area contributed by atoms with Crippen molar-refractivity contribution in [2.45, 2.75) is 99.5 Å². The lowest BCUT2D eigenvalue weighted by Gasteiger charge is -2.34. The van der Waals surface area contributed by atoms with Crippen molar-refractivity contribution in [2.75, 3.05) is 11.5 Å². The summed E-state index contributed by atoms with van der Waals surface area (Å²) >= 11 is 3.03. The molecule has 0 radical (unpaired) electrons.